The number of fused-ring (bicyclic) bond motifs is 1. The molecule has 4 rings (SSSR count). The van der Waals surface area contributed by atoms with E-state index in [1.54, 1.807) is 7.05 Å². The number of hydrogen-bond acceptors (Lipinski definition) is 6. The molecule has 7 nitrogen and oxygen atoms in total. The quantitative estimate of drug-likeness (QED) is 0.843. The number of hydrogen-bond donors (Lipinski definition) is 2. The van der Waals surface area contributed by atoms with Crippen LogP contribution in [0.3, 0.4) is 0 Å². The first-order valence-corrected chi connectivity index (χ1v) is 10.3. The van der Waals surface area contributed by atoms with Gasteiger partial charge in [0, 0.05) is 19.6 Å². The zero-order chi connectivity index (χ0) is 19.8. The molecule has 1 aliphatic heterocycles. The van der Waals surface area contributed by atoms with Crippen LogP contribution in [-0.4, -0.2) is 50.4 Å². The number of nitrogens with zero attached hydrogens (tertiary/aromatic N) is 4. The molecule has 1 aromatic carbocycles. The number of aromatic nitrogens is 3. The topological polar surface area (TPSA) is 83.3 Å². The van der Waals surface area contributed by atoms with Crippen molar-refractivity contribution < 1.29 is 5.11 Å². The largest absolute Gasteiger partial charge is 0.507 e. The number of anilines is 1. The highest BCUT2D eigenvalue weighted by atomic mass is 16.3. The van der Waals surface area contributed by atoms with E-state index in [9.17, 15) is 9.90 Å². The summed E-state index contributed by atoms with van der Waals surface area (Å²) >= 11 is 0. The van der Waals surface area contributed by atoms with Crippen LogP contribution >= 0.6 is 0 Å². The lowest BCUT2D eigenvalue weighted by atomic mass is 9.97. The fourth-order valence-electron chi connectivity index (χ4n) is 4.55. The van der Waals surface area contributed by atoms with Crippen molar-refractivity contribution in [1.29, 1.82) is 0 Å². The van der Waals surface area contributed by atoms with Crippen LogP contribution in [-0.2, 0) is 19.9 Å². The van der Waals surface area contributed by atoms with Crippen molar-refractivity contribution in [3.8, 4) is 17.0 Å². The van der Waals surface area contributed by atoms with E-state index in [0.29, 0.717) is 11.5 Å². The molecule has 0 bridgehead atoms. The molecule has 0 spiro atoms. The Morgan fingerprint density at radius 1 is 1.29 bits per heavy atom. The van der Waals surface area contributed by atoms with Gasteiger partial charge in [-0.2, -0.15) is 0 Å². The minimum Gasteiger partial charge on any atom is -0.507 e. The van der Waals surface area contributed by atoms with Crippen LogP contribution in [0.25, 0.3) is 11.3 Å². The number of nitrogens with one attached hydrogen (secondary N) is 1. The molecule has 2 aromatic rings. The Hall–Kier alpha value is -2.41. The maximum Gasteiger partial charge on any atom is 0.281 e. The highest BCUT2D eigenvalue weighted by Gasteiger charge is 2.25. The molecule has 28 heavy (non-hydrogen) atoms. The summed E-state index contributed by atoms with van der Waals surface area (Å²) in [5.41, 5.74) is 3.51. The number of likely N-dealkylation sites (N-methyl/N-ethyl adjacent to an activating group) is 1. The van der Waals surface area contributed by atoms with Crippen LogP contribution < -0.4 is 10.9 Å². The average Bonchev–Trinajstić information content (AvgIpc) is 3.16. The Bertz CT molecular complexity index is 953. The van der Waals surface area contributed by atoms with Gasteiger partial charge < -0.3 is 15.3 Å². The molecule has 2 N–H and O–H groups in total. The molecule has 1 atom stereocenters. The van der Waals surface area contributed by atoms with Crippen molar-refractivity contribution in [2.24, 2.45) is 7.05 Å². The average molecular weight is 383 g/mol. The lowest BCUT2D eigenvalue weighted by molar-refractivity contribution is 0.226. The standard InChI is InChI=1S/C21H29N5O2/c1-4-26-10-6-8-15(12-26)22-21-24-23-18(20(28)25(21)3)17-13(2)11-14-7-5-9-16(14)19(17)27/h11,15,27H,4-10,12H2,1-3H3,(H,22,24)/t15-/m1/s1. The Labute approximate surface area is 165 Å². The van der Waals surface area contributed by atoms with E-state index in [-0.39, 0.29) is 23.0 Å². The second-order valence-electron chi connectivity index (χ2n) is 8.02. The summed E-state index contributed by atoms with van der Waals surface area (Å²) in [5.74, 6) is 0.681. The summed E-state index contributed by atoms with van der Waals surface area (Å²) in [6, 6.07) is 2.33. The van der Waals surface area contributed by atoms with Gasteiger partial charge in [0.25, 0.3) is 5.56 Å². The fraction of sp³-hybridized carbons (Fsp3) is 0.571. The van der Waals surface area contributed by atoms with Crippen molar-refractivity contribution in [2.45, 2.75) is 52.0 Å². The highest BCUT2D eigenvalue weighted by Crippen LogP contribution is 2.39. The molecule has 0 saturated carbocycles. The number of aryl methyl sites for hydroxylation is 2. The van der Waals surface area contributed by atoms with Gasteiger partial charge in [-0.1, -0.05) is 13.0 Å². The smallest absolute Gasteiger partial charge is 0.281 e. The zero-order valence-electron chi connectivity index (χ0n) is 17.0. The van der Waals surface area contributed by atoms with E-state index in [2.05, 4.69) is 33.4 Å². The normalized spacial score (nSPS) is 19.6. The van der Waals surface area contributed by atoms with Gasteiger partial charge in [0.15, 0.2) is 5.69 Å². The summed E-state index contributed by atoms with van der Waals surface area (Å²) in [6.07, 6.45) is 5.05. The molecule has 0 amide bonds. The second kappa shape index (κ2) is 7.54. The molecular formula is C21H29N5O2. The summed E-state index contributed by atoms with van der Waals surface area (Å²) in [7, 11) is 1.71. The second-order valence-corrected chi connectivity index (χ2v) is 8.02. The third kappa shape index (κ3) is 3.28. The van der Waals surface area contributed by atoms with E-state index >= 15 is 0 Å². The minimum atomic E-state index is -0.239. The minimum absolute atomic E-state index is 0.200. The molecule has 1 aromatic heterocycles. The van der Waals surface area contributed by atoms with Crippen LogP contribution in [0, 0.1) is 6.92 Å². The van der Waals surface area contributed by atoms with Crippen LogP contribution in [0.5, 0.6) is 5.75 Å². The van der Waals surface area contributed by atoms with Gasteiger partial charge >= 0.3 is 0 Å². The molecule has 1 aliphatic carbocycles. The molecule has 2 heterocycles. The monoisotopic (exact) mass is 383 g/mol. The van der Waals surface area contributed by atoms with Gasteiger partial charge in [-0.05, 0) is 68.8 Å². The van der Waals surface area contributed by atoms with E-state index in [0.717, 1.165) is 62.9 Å². The van der Waals surface area contributed by atoms with E-state index in [1.165, 1.54) is 10.1 Å². The number of piperidine rings is 1. The summed E-state index contributed by atoms with van der Waals surface area (Å²) in [5, 5.41) is 22.7. The first-order chi connectivity index (χ1) is 13.5. The SMILES string of the molecule is CCN1CCC[C@@H](Nc2nnc(-c3c(C)cc4c(c3O)CCC4)c(=O)n2C)C1. The molecule has 7 heteroatoms. The van der Waals surface area contributed by atoms with Gasteiger partial charge in [-0.15, -0.1) is 10.2 Å². The van der Waals surface area contributed by atoms with E-state index < -0.39 is 0 Å². The maximum absolute atomic E-state index is 13.1. The Morgan fingerprint density at radius 3 is 2.89 bits per heavy atom. The molecule has 150 valence electrons. The number of benzene rings is 1. The van der Waals surface area contributed by atoms with Gasteiger partial charge in [0.1, 0.15) is 5.75 Å². The van der Waals surface area contributed by atoms with Crippen LogP contribution in [0.4, 0.5) is 5.95 Å². The fourth-order valence-corrected chi connectivity index (χ4v) is 4.55. The van der Waals surface area contributed by atoms with E-state index in [1.807, 2.05) is 6.92 Å². The molecule has 1 fully saturated rings. The molecule has 0 radical (unpaired) electrons. The first kappa shape index (κ1) is 18.9. The van der Waals surface area contributed by atoms with Gasteiger partial charge in [0.2, 0.25) is 5.95 Å². The summed E-state index contributed by atoms with van der Waals surface area (Å²) in [4.78, 5) is 15.5. The van der Waals surface area contributed by atoms with Crippen molar-refractivity contribution in [1.82, 2.24) is 19.7 Å². The number of phenols is 1. The third-order valence-electron chi connectivity index (χ3n) is 6.16. The number of aromatic hydroxyl groups is 1. The highest BCUT2D eigenvalue weighted by molar-refractivity contribution is 5.73. The first-order valence-electron chi connectivity index (χ1n) is 10.3. The van der Waals surface area contributed by atoms with Crippen LogP contribution in [0.1, 0.15) is 42.9 Å². The Kier molecular flexibility index (Phi) is 5.10. The van der Waals surface area contributed by atoms with Gasteiger partial charge in [-0.3, -0.25) is 9.36 Å². The van der Waals surface area contributed by atoms with Gasteiger partial charge in [-0.25, -0.2) is 0 Å². The lowest BCUT2D eigenvalue weighted by Crippen LogP contribution is -2.43. The van der Waals surface area contributed by atoms with Crippen molar-refractivity contribution in [3.05, 3.63) is 33.1 Å². The van der Waals surface area contributed by atoms with E-state index in [4.69, 9.17) is 0 Å². The molecule has 1 saturated heterocycles. The van der Waals surface area contributed by atoms with Gasteiger partial charge in [0.05, 0.1) is 5.56 Å². The van der Waals surface area contributed by atoms with Crippen LogP contribution in [0.2, 0.25) is 0 Å². The molecule has 2 aliphatic rings. The van der Waals surface area contributed by atoms with Crippen LogP contribution in [0.15, 0.2) is 10.9 Å². The predicted molar refractivity (Wildman–Crippen MR) is 110 cm³/mol. The zero-order valence-corrected chi connectivity index (χ0v) is 17.0. The van der Waals surface area contributed by atoms with Crippen molar-refractivity contribution in [3.63, 3.8) is 0 Å². The molecular weight excluding hydrogens is 354 g/mol. The third-order valence-corrected chi connectivity index (χ3v) is 6.16. The Morgan fingerprint density at radius 2 is 2.11 bits per heavy atom. The predicted octanol–water partition coefficient (Wildman–Crippen LogP) is 2.24. The maximum atomic E-state index is 13.1. The summed E-state index contributed by atoms with van der Waals surface area (Å²) in [6.45, 7) is 7.17. The number of phenolic OH excluding ortho intramolecular Hbond substituents is 1. The summed E-state index contributed by atoms with van der Waals surface area (Å²) < 4.78 is 1.51. The number of likely N-dealkylation sites (tertiary alicyclic amines) is 1. The van der Waals surface area contributed by atoms with Crippen molar-refractivity contribution >= 4 is 5.95 Å². The molecule has 0 unspecified atom stereocenters. The number of rotatable bonds is 4. The lowest BCUT2D eigenvalue weighted by Gasteiger charge is -2.32. The Balaban J connectivity index is 1.67. The van der Waals surface area contributed by atoms with Crippen molar-refractivity contribution in [2.75, 3.05) is 25.0 Å².